The summed E-state index contributed by atoms with van der Waals surface area (Å²) in [5.41, 5.74) is 3.83. The van der Waals surface area contributed by atoms with Crippen LogP contribution < -0.4 is 5.32 Å². The highest BCUT2D eigenvalue weighted by molar-refractivity contribution is 7.11. The van der Waals surface area contributed by atoms with Gasteiger partial charge in [-0.15, -0.1) is 11.3 Å². The molecule has 1 aromatic heterocycles. The van der Waals surface area contributed by atoms with Crippen molar-refractivity contribution in [2.24, 2.45) is 0 Å². The number of hydrogen-bond acceptors (Lipinski definition) is 3. The lowest BCUT2D eigenvalue weighted by Gasteiger charge is -1.99. The van der Waals surface area contributed by atoms with E-state index in [9.17, 15) is 0 Å². The Morgan fingerprint density at radius 2 is 2.11 bits per heavy atom. The van der Waals surface area contributed by atoms with Crippen LogP contribution in [0.25, 0.3) is 0 Å². The van der Waals surface area contributed by atoms with Crippen LogP contribution in [0.5, 0.6) is 0 Å². The summed E-state index contributed by atoms with van der Waals surface area (Å²) < 4.78 is 0. The zero-order valence-electron chi connectivity index (χ0n) is 11.3. The summed E-state index contributed by atoms with van der Waals surface area (Å²) in [6.07, 6.45) is 0.944. The van der Waals surface area contributed by atoms with Gasteiger partial charge in [-0.1, -0.05) is 36.8 Å². The molecular formula is C15H20N2S. The largest absolute Gasteiger partial charge is 0.312 e. The van der Waals surface area contributed by atoms with E-state index in [4.69, 9.17) is 0 Å². The highest BCUT2D eigenvalue weighted by atomic mass is 32.1. The van der Waals surface area contributed by atoms with Crippen LogP contribution in [0.4, 0.5) is 0 Å². The molecular weight excluding hydrogens is 240 g/mol. The molecule has 96 valence electrons. The number of hydrogen-bond donors (Lipinski definition) is 1. The Kier molecular flexibility index (Phi) is 4.50. The lowest BCUT2D eigenvalue weighted by atomic mass is 10.1. The molecule has 0 bridgehead atoms. The third-order valence-corrected chi connectivity index (χ3v) is 4.07. The summed E-state index contributed by atoms with van der Waals surface area (Å²) in [7, 11) is 0. The summed E-state index contributed by atoms with van der Waals surface area (Å²) >= 11 is 1.83. The monoisotopic (exact) mass is 260 g/mol. The second kappa shape index (κ2) is 6.12. The first-order valence-corrected chi connectivity index (χ1v) is 7.22. The molecule has 0 fully saturated rings. The standard InChI is InChI=1S/C15H20N2S/c1-4-16-10-14-12(3)17-15(18-14)9-13-7-5-6-11(2)8-13/h5-8,16H,4,9-10H2,1-3H3. The number of thiazole rings is 1. The van der Waals surface area contributed by atoms with Gasteiger partial charge in [-0.05, 0) is 26.0 Å². The lowest BCUT2D eigenvalue weighted by molar-refractivity contribution is 0.731. The van der Waals surface area contributed by atoms with Crippen LogP contribution in [0.15, 0.2) is 24.3 Å². The summed E-state index contributed by atoms with van der Waals surface area (Å²) in [4.78, 5) is 6.03. The van der Waals surface area contributed by atoms with Gasteiger partial charge in [0, 0.05) is 17.8 Å². The Morgan fingerprint density at radius 3 is 2.83 bits per heavy atom. The molecule has 0 spiro atoms. The summed E-state index contributed by atoms with van der Waals surface area (Å²) in [6, 6.07) is 8.66. The molecule has 0 aliphatic rings. The molecule has 18 heavy (non-hydrogen) atoms. The molecule has 2 rings (SSSR count). The van der Waals surface area contributed by atoms with Crippen molar-refractivity contribution in [3.63, 3.8) is 0 Å². The molecule has 0 aliphatic heterocycles. The number of rotatable bonds is 5. The number of aryl methyl sites for hydroxylation is 2. The van der Waals surface area contributed by atoms with E-state index in [0.29, 0.717) is 0 Å². The van der Waals surface area contributed by atoms with Crippen molar-refractivity contribution in [2.75, 3.05) is 6.54 Å². The van der Waals surface area contributed by atoms with Gasteiger partial charge in [-0.2, -0.15) is 0 Å². The van der Waals surface area contributed by atoms with Crippen LogP contribution in [-0.4, -0.2) is 11.5 Å². The van der Waals surface area contributed by atoms with Crippen LogP contribution in [-0.2, 0) is 13.0 Å². The Hall–Kier alpha value is -1.19. The van der Waals surface area contributed by atoms with Gasteiger partial charge in [0.25, 0.3) is 0 Å². The van der Waals surface area contributed by atoms with Crippen molar-refractivity contribution in [3.8, 4) is 0 Å². The molecule has 1 heterocycles. The molecule has 2 nitrogen and oxygen atoms in total. The fourth-order valence-electron chi connectivity index (χ4n) is 1.96. The van der Waals surface area contributed by atoms with E-state index >= 15 is 0 Å². The van der Waals surface area contributed by atoms with Gasteiger partial charge >= 0.3 is 0 Å². The normalized spacial score (nSPS) is 10.8. The zero-order chi connectivity index (χ0) is 13.0. The lowest BCUT2D eigenvalue weighted by Crippen LogP contribution is -2.11. The van der Waals surface area contributed by atoms with Gasteiger partial charge in [0.1, 0.15) is 0 Å². The highest BCUT2D eigenvalue weighted by Gasteiger charge is 2.07. The summed E-state index contributed by atoms with van der Waals surface area (Å²) in [5, 5.41) is 4.58. The quantitative estimate of drug-likeness (QED) is 0.890. The van der Waals surface area contributed by atoms with Gasteiger partial charge < -0.3 is 5.32 Å². The molecule has 0 radical (unpaired) electrons. The van der Waals surface area contributed by atoms with Crippen molar-refractivity contribution >= 4 is 11.3 Å². The Labute approximate surface area is 113 Å². The highest BCUT2D eigenvalue weighted by Crippen LogP contribution is 2.21. The number of nitrogens with zero attached hydrogens (tertiary/aromatic N) is 1. The zero-order valence-corrected chi connectivity index (χ0v) is 12.1. The van der Waals surface area contributed by atoms with Crippen molar-refractivity contribution in [1.29, 1.82) is 0 Å². The predicted molar refractivity (Wildman–Crippen MR) is 78.2 cm³/mol. The molecule has 0 saturated heterocycles. The second-order valence-electron chi connectivity index (χ2n) is 4.56. The average molecular weight is 260 g/mol. The van der Waals surface area contributed by atoms with Crippen LogP contribution in [0, 0.1) is 13.8 Å². The van der Waals surface area contributed by atoms with E-state index < -0.39 is 0 Å². The van der Waals surface area contributed by atoms with Crippen LogP contribution in [0.3, 0.4) is 0 Å². The molecule has 2 aromatic rings. The molecule has 0 saturated carbocycles. The Morgan fingerprint density at radius 1 is 1.28 bits per heavy atom. The van der Waals surface area contributed by atoms with Gasteiger partial charge in [0.15, 0.2) is 0 Å². The molecule has 1 aromatic carbocycles. The van der Waals surface area contributed by atoms with E-state index in [1.54, 1.807) is 0 Å². The minimum absolute atomic E-state index is 0.938. The van der Waals surface area contributed by atoms with Crippen molar-refractivity contribution in [1.82, 2.24) is 10.3 Å². The summed E-state index contributed by atoms with van der Waals surface area (Å²) in [5.74, 6) is 0. The number of benzene rings is 1. The van der Waals surface area contributed by atoms with E-state index in [-0.39, 0.29) is 0 Å². The molecule has 0 unspecified atom stereocenters. The number of nitrogens with one attached hydrogen (secondary N) is 1. The minimum Gasteiger partial charge on any atom is -0.312 e. The van der Waals surface area contributed by atoms with E-state index in [0.717, 1.165) is 19.5 Å². The smallest absolute Gasteiger partial charge is 0.0975 e. The molecule has 3 heteroatoms. The maximum atomic E-state index is 4.67. The second-order valence-corrected chi connectivity index (χ2v) is 5.73. The van der Waals surface area contributed by atoms with Crippen molar-refractivity contribution in [2.45, 2.75) is 33.7 Å². The van der Waals surface area contributed by atoms with Gasteiger partial charge in [-0.25, -0.2) is 4.98 Å². The number of aromatic nitrogens is 1. The van der Waals surface area contributed by atoms with E-state index in [1.165, 1.54) is 26.7 Å². The fourth-order valence-corrected chi connectivity index (χ4v) is 3.04. The summed E-state index contributed by atoms with van der Waals surface area (Å²) in [6.45, 7) is 8.30. The predicted octanol–water partition coefficient (Wildman–Crippen LogP) is 3.46. The first-order valence-electron chi connectivity index (χ1n) is 6.40. The van der Waals surface area contributed by atoms with Crippen molar-refractivity contribution in [3.05, 3.63) is 51.0 Å². The van der Waals surface area contributed by atoms with Crippen molar-refractivity contribution < 1.29 is 0 Å². The van der Waals surface area contributed by atoms with Gasteiger partial charge in [-0.3, -0.25) is 0 Å². The van der Waals surface area contributed by atoms with Crippen LogP contribution >= 0.6 is 11.3 Å². The van der Waals surface area contributed by atoms with Crippen LogP contribution in [0.2, 0.25) is 0 Å². The third-order valence-electron chi connectivity index (χ3n) is 2.91. The maximum Gasteiger partial charge on any atom is 0.0975 e. The first kappa shape index (κ1) is 13.2. The Balaban J connectivity index is 2.10. The van der Waals surface area contributed by atoms with Crippen LogP contribution in [0.1, 0.15) is 33.6 Å². The molecule has 0 amide bonds. The fraction of sp³-hybridized carbons (Fsp3) is 0.400. The molecule has 0 atom stereocenters. The first-order chi connectivity index (χ1) is 8.69. The van der Waals surface area contributed by atoms with E-state index in [1.807, 2.05) is 11.3 Å². The van der Waals surface area contributed by atoms with Gasteiger partial charge in [0.05, 0.1) is 10.7 Å². The Bertz CT molecular complexity index is 517. The third kappa shape index (κ3) is 3.40. The topological polar surface area (TPSA) is 24.9 Å². The minimum atomic E-state index is 0.938. The average Bonchev–Trinajstić information content (AvgIpc) is 2.67. The molecule has 0 aliphatic carbocycles. The molecule has 1 N–H and O–H groups in total. The van der Waals surface area contributed by atoms with Gasteiger partial charge in [0.2, 0.25) is 0 Å². The SMILES string of the molecule is CCNCc1sc(Cc2cccc(C)c2)nc1C. The maximum absolute atomic E-state index is 4.67. The van der Waals surface area contributed by atoms with E-state index in [2.05, 4.69) is 55.3 Å².